The second-order valence-corrected chi connectivity index (χ2v) is 13.6. The summed E-state index contributed by atoms with van der Waals surface area (Å²) in [6.07, 6.45) is 7.20. The van der Waals surface area contributed by atoms with Gasteiger partial charge < -0.3 is 20.9 Å². The summed E-state index contributed by atoms with van der Waals surface area (Å²) in [5.41, 5.74) is 1.10. The number of benzene rings is 3. The number of halogens is 3. The Morgan fingerprint density at radius 2 is 1.49 bits per heavy atom. The molecular formula is C38H43ClF2N4O4. The molecule has 1 aliphatic carbocycles. The lowest BCUT2D eigenvalue weighted by molar-refractivity contribution is -0.148. The molecule has 2 fully saturated rings. The normalized spacial score (nSPS) is 16.2. The molecule has 1 heterocycles. The van der Waals surface area contributed by atoms with Gasteiger partial charge in [0, 0.05) is 55.2 Å². The fourth-order valence-electron chi connectivity index (χ4n) is 6.79. The van der Waals surface area contributed by atoms with Gasteiger partial charge >= 0.3 is 5.92 Å². The number of carbonyl (C=O) groups excluding carboxylic acids is 4. The van der Waals surface area contributed by atoms with Gasteiger partial charge in [-0.2, -0.15) is 8.78 Å². The second-order valence-electron chi connectivity index (χ2n) is 13.2. The molecule has 1 aliphatic heterocycles. The molecule has 260 valence electrons. The lowest BCUT2D eigenvalue weighted by Gasteiger charge is -2.30. The monoisotopic (exact) mass is 692 g/mol. The number of likely N-dealkylation sites (tertiary alicyclic amines) is 1. The van der Waals surface area contributed by atoms with Gasteiger partial charge in [0.25, 0.3) is 5.91 Å². The van der Waals surface area contributed by atoms with Crippen LogP contribution in [0, 0.1) is 5.41 Å². The lowest BCUT2D eigenvalue weighted by atomic mass is 9.78. The van der Waals surface area contributed by atoms with E-state index in [0.717, 1.165) is 69.3 Å². The highest BCUT2D eigenvalue weighted by Gasteiger charge is 2.43. The van der Waals surface area contributed by atoms with E-state index in [4.69, 9.17) is 11.6 Å². The molecule has 1 saturated carbocycles. The van der Waals surface area contributed by atoms with Crippen molar-refractivity contribution in [2.75, 3.05) is 25.0 Å². The van der Waals surface area contributed by atoms with Crippen LogP contribution >= 0.6 is 11.6 Å². The summed E-state index contributed by atoms with van der Waals surface area (Å²) in [5, 5.41) is 8.30. The number of alkyl halides is 2. The van der Waals surface area contributed by atoms with Gasteiger partial charge in [0.2, 0.25) is 17.7 Å². The van der Waals surface area contributed by atoms with Gasteiger partial charge in [0.05, 0.1) is 0 Å². The summed E-state index contributed by atoms with van der Waals surface area (Å²) in [7, 11) is 0. The molecule has 5 rings (SSSR count). The zero-order valence-electron chi connectivity index (χ0n) is 27.5. The number of rotatable bonds is 14. The summed E-state index contributed by atoms with van der Waals surface area (Å²) in [6.45, 7) is 2.05. The van der Waals surface area contributed by atoms with Crippen molar-refractivity contribution in [3.05, 3.63) is 101 Å². The lowest BCUT2D eigenvalue weighted by Crippen LogP contribution is -2.50. The SMILES string of the molecule is O=C(CC1(CC(=O)N2CCCC2)CCCC1)NCCc1ccc(NC(=O)C(Cc2ccccc2Cl)NC(=O)C(F)(F)c2ccccc2)cc1. The molecule has 0 aromatic heterocycles. The van der Waals surface area contributed by atoms with Crippen molar-refractivity contribution in [2.45, 2.75) is 76.2 Å². The highest BCUT2D eigenvalue weighted by atomic mass is 35.5. The topological polar surface area (TPSA) is 108 Å². The minimum absolute atomic E-state index is 0.0514. The van der Waals surface area contributed by atoms with Gasteiger partial charge in [-0.3, -0.25) is 19.2 Å². The molecule has 1 atom stereocenters. The number of amides is 4. The maximum absolute atomic E-state index is 15.0. The molecule has 3 N–H and O–H groups in total. The summed E-state index contributed by atoms with van der Waals surface area (Å²) in [5.74, 6) is -6.02. The largest absolute Gasteiger partial charge is 0.356 e. The van der Waals surface area contributed by atoms with Gasteiger partial charge in [-0.05, 0) is 66.8 Å². The Morgan fingerprint density at radius 1 is 0.837 bits per heavy atom. The van der Waals surface area contributed by atoms with Crippen molar-refractivity contribution in [3.8, 4) is 0 Å². The average molecular weight is 693 g/mol. The van der Waals surface area contributed by atoms with E-state index in [0.29, 0.717) is 42.1 Å². The Balaban J connectivity index is 1.15. The van der Waals surface area contributed by atoms with Crippen LogP contribution in [0.2, 0.25) is 5.02 Å². The fraction of sp³-hybridized carbons (Fsp3) is 0.421. The van der Waals surface area contributed by atoms with Gasteiger partial charge in [0.15, 0.2) is 0 Å². The molecule has 8 nitrogen and oxygen atoms in total. The minimum atomic E-state index is -3.86. The standard InChI is InChI=1S/C38H43ClF2N4O4/c39-31-13-5-4-10-28(31)24-32(44-36(49)38(40,41)29-11-2-1-3-12-29)35(48)43-30-16-14-27(15-17-30)18-21-42-33(46)25-37(19-6-7-20-37)26-34(47)45-22-8-9-23-45/h1-5,10-17,32H,6-9,18-26H2,(H,42,46)(H,43,48)(H,44,49). The number of hydrogen-bond donors (Lipinski definition) is 3. The Morgan fingerprint density at radius 3 is 2.16 bits per heavy atom. The Hall–Kier alpha value is -4.31. The fourth-order valence-corrected chi connectivity index (χ4v) is 7.01. The summed E-state index contributed by atoms with van der Waals surface area (Å²) in [6, 6.07) is 19.0. The Bertz CT molecular complexity index is 1610. The first-order valence-corrected chi connectivity index (χ1v) is 17.3. The number of nitrogens with one attached hydrogen (secondary N) is 3. The quantitative estimate of drug-likeness (QED) is 0.181. The van der Waals surface area contributed by atoms with E-state index in [9.17, 15) is 19.2 Å². The predicted molar refractivity (Wildman–Crippen MR) is 185 cm³/mol. The molecule has 4 amide bonds. The zero-order valence-corrected chi connectivity index (χ0v) is 28.2. The van der Waals surface area contributed by atoms with Gasteiger partial charge in [-0.1, -0.05) is 85.1 Å². The van der Waals surface area contributed by atoms with E-state index in [1.54, 1.807) is 54.6 Å². The maximum atomic E-state index is 15.0. The van der Waals surface area contributed by atoms with Crippen molar-refractivity contribution in [3.63, 3.8) is 0 Å². The van der Waals surface area contributed by atoms with Crippen molar-refractivity contribution < 1.29 is 28.0 Å². The predicted octanol–water partition coefficient (Wildman–Crippen LogP) is 6.42. The first-order chi connectivity index (χ1) is 23.5. The van der Waals surface area contributed by atoms with E-state index in [1.165, 1.54) is 12.1 Å². The van der Waals surface area contributed by atoms with Crippen LogP contribution in [0.25, 0.3) is 0 Å². The van der Waals surface area contributed by atoms with E-state index in [-0.39, 0.29) is 23.7 Å². The minimum Gasteiger partial charge on any atom is -0.356 e. The molecule has 3 aromatic carbocycles. The molecule has 3 aromatic rings. The van der Waals surface area contributed by atoms with Gasteiger partial charge in [0.1, 0.15) is 6.04 Å². The zero-order chi connectivity index (χ0) is 34.9. The smallest absolute Gasteiger partial charge is 0.349 e. The molecule has 1 saturated heterocycles. The molecule has 0 radical (unpaired) electrons. The van der Waals surface area contributed by atoms with Crippen LogP contribution in [0.15, 0.2) is 78.9 Å². The maximum Gasteiger partial charge on any atom is 0.349 e. The number of hydrogen-bond acceptors (Lipinski definition) is 4. The molecule has 0 bridgehead atoms. The third-order valence-corrected chi connectivity index (χ3v) is 9.94. The second kappa shape index (κ2) is 16.4. The molecular weight excluding hydrogens is 650 g/mol. The van der Waals surface area contributed by atoms with E-state index in [1.807, 2.05) is 4.90 Å². The van der Waals surface area contributed by atoms with Crippen LogP contribution in [0.4, 0.5) is 14.5 Å². The van der Waals surface area contributed by atoms with Crippen LogP contribution in [-0.4, -0.2) is 54.2 Å². The summed E-state index contributed by atoms with van der Waals surface area (Å²) in [4.78, 5) is 53.9. The number of carbonyl (C=O) groups is 4. The number of nitrogens with zero attached hydrogens (tertiary/aromatic N) is 1. The summed E-state index contributed by atoms with van der Waals surface area (Å²) < 4.78 is 30.1. The van der Waals surface area contributed by atoms with Crippen molar-refractivity contribution in [1.82, 2.24) is 15.5 Å². The van der Waals surface area contributed by atoms with Crippen molar-refractivity contribution >= 4 is 40.9 Å². The van der Waals surface area contributed by atoms with E-state index >= 15 is 8.78 Å². The van der Waals surface area contributed by atoms with Crippen molar-refractivity contribution in [2.24, 2.45) is 5.41 Å². The molecule has 11 heteroatoms. The van der Waals surface area contributed by atoms with Gasteiger partial charge in [-0.15, -0.1) is 0 Å². The molecule has 2 aliphatic rings. The Kier molecular flexibility index (Phi) is 12.0. The highest BCUT2D eigenvalue weighted by Crippen LogP contribution is 2.44. The molecule has 0 spiro atoms. The summed E-state index contributed by atoms with van der Waals surface area (Å²) >= 11 is 6.29. The van der Waals surface area contributed by atoms with Crippen LogP contribution in [0.1, 0.15) is 68.1 Å². The average Bonchev–Trinajstić information content (AvgIpc) is 3.80. The van der Waals surface area contributed by atoms with Gasteiger partial charge in [-0.25, -0.2) is 0 Å². The molecule has 49 heavy (non-hydrogen) atoms. The van der Waals surface area contributed by atoms with Crippen molar-refractivity contribution in [1.29, 1.82) is 0 Å². The van der Waals surface area contributed by atoms with E-state index < -0.39 is 29.3 Å². The molecule has 1 unspecified atom stereocenters. The third-order valence-electron chi connectivity index (χ3n) is 9.57. The van der Waals surface area contributed by atoms with Crippen LogP contribution in [0.3, 0.4) is 0 Å². The highest BCUT2D eigenvalue weighted by molar-refractivity contribution is 6.31. The first-order valence-electron chi connectivity index (χ1n) is 17.0. The Labute approximate surface area is 291 Å². The third kappa shape index (κ3) is 9.65. The number of anilines is 1. The van der Waals surface area contributed by atoms with E-state index in [2.05, 4.69) is 16.0 Å². The first kappa shape index (κ1) is 36.0. The van der Waals surface area contributed by atoms with Crippen LogP contribution in [0.5, 0.6) is 0 Å². The van der Waals surface area contributed by atoms with Crippen LogP contribution < -0.4 is 16.0 Å². The van der Waals surface area contributed by atoms with Crippen LogP contribution in [-0.2, 0) is 37.9 Å².